The second-order valence-electron chi connectivity index (χ2n) is 10.1. The van der Waals surface area contributed by atoms with Crippen LogP contribution in [0.25, 0.3) is 22.3 Å². The molecule has 0 radical (unpaired) electrons. The first-order valence-electron chi connectivity index (χ1n) is 13.8. The van der Waals surface area contributed by atoms with Gasteiger partial charge in [-0.3, -0.25) is 14.5 Å². The molecule has 1 aliphatic rings. The monoisotopic (exact) mass is 606 g/mol. The van der Waals surface area contributed by atoms with Crippen LogP contribution < -0.4 is 29.1 Å². The zero-order valence-corrected chi connectivity index (χ0v) is 24.9. The summed E-state index contributed by atoms with van der Waals surface area (Å²) in [4.78, 5) is 29.8. The first-order chi connectivity index (χ1) is 21.3. The maximum absolute atomic E-state index is 13.1. The fraction of sp³-hybridized carbons (Fsp3) is 0.312. The number of aromatic hydroxyl groups is 2. The molecule has 1 saturated heterocycles. The highest BCUT2D eigenvalue weighted by molar-refractivity contribution is 5.86. The second kappa shape index (κ2) is 13.0. The van der Waals surface area contributed by atoms with Crippen LogP contribution in [0.2, 0.25) is 0 Å². The van der Waals surface area contributed by atoms with Gasteiger partial charge in [0.2, 0.25) is 5.75 Å². The van der Waals surface area contributed by atoms with Gasteiger partial charge in [0.05, 0.1) is 28.4 Å². The normalized spacial score (nSPS) is 13.5. The molecule has 3 aromatic carbocycles. The van der Waals surface area contributed by atoms with Crippen molar-refractivity contribution in [2.24, 2.45) is 0 Å². The van der Waals surface area contributed by atoms with Crippen LogP contribution in [0.15, 0.2) is 57.7 Å². The lowest BCUT2D eigenvalue weighted by Gasteiger charge is -2.35. The number of carbonyl (C=O) groups is 1. The average molecular weight is 607 g/mol. The highest BCUT2D eigenvalue weighted by atomic mass is 16.5. The van der Waals surface area contributed by atoms with E-state index in [0.717, 1.165) is 11.6 Å². The first-order valence-corrected chi connectivity index (χ1v) is 13.8. The third-order valence-electron chi connectivity index (χ3n) is 7.50. The molecule has 0 bridgehead atoms. The molecule has 1 amide bonds. The Morgan fingerprint density at radius 2 is 1.52 bits per heavy atom. The van der Waals surface area contributed by atoms with E-state index in [1.807, 2.05) is 12.1 Å². The third-order valence-corrected chi connectivity index (χ3v) is 7.50. The van der Waals surface area contributed by atoms with Crippen molar-refractivity contribution < 1.29 is 43.1 Å². The maximum Gasteiger partial charge on any atom is 0.260 e. The van der Waals surface area contributed by atoms with Crippen LogP contribution in [0, 0.1) is 0 Å². The van der Waals surface area contributed by atoms with E-state index in [4.69, 9.17) is 28.1 Å². The minimum Gasteiger partial charge on any atom is -0.508 e. The molecule has 44 heavy (non-hydrogen) atoms. The van der Waals surface area contributed by atoms with Crippen LogP contribution in [0.1, 0.15) is 5.56 Å². The molecule has 2 N–H and O–H groups in total. The van der Waals surface area contributed by atoms with E-state index >= 15 is 0 Å². The highest BCUT2D eigenvalue weighted by Crippen LogP contribution is 2.40. The molecule has 5 rings (SSSR count). The molecule has 1 aliphatic heterocycles. The van der Waals surface area contributed by atoms with Crippen molar-refractivity contribution in [2.75, 3.05) is 61.2 Å². The van der Waals surface area contributed by atoms with Crippen LogP contribution in [0.5, 0.6) is 40.2 Å². The largest absolute Gasteiger partial charge is 0.508 e. The Morgan fingerprint density at radius 3 is 2.20 bits per heavy atom. The Kier molecular flexibility index (Phi) is 9.00. The molecular formula is C32H34N2O10. The van der Waals surface area contributed by atoms with Crippen molar-refractivity contribution >= 4 is 16.9 Å². The van der Waals surface area contributed by atoms with E-state index in [9.17, 15) is 19.8 Å². The van der Waals surface area contributed by atoms with E-state index in [-0.39, 0.29) is 40.7 Å². The van der Waals surface area contributed by atoms with E-state index in [0.29, 0.717) is 67.0 Å². The summed E-state index contributed by atoms with van der Waals surface area (Å²) in [6.07, 6.45) is 0. The molecule has 1 aromatic heterocycles. The Balaban J connectivity index is 1.24. The molecular weight excluding hydrogens is 572 g/mol. The molecule has 0 unspecified atom stereocenters. The summed E-state index contributed by atoms with van der Waals surface area (Å²) in [5.41, 5.74) is 0.989. The van der Waals surface area contributed by atoms with Crippen molar-refractivity contribution in [2.45, 2.75) is 6.54 Å². The first kappa shape index (κ1) is 30.4. The fourth-order valence-corrected chi connectivity index (χ4v) is 5.25. The highest BCUT2D eigenvalue weighted by Gasteiger charge is 2.24. The summed E-state index contributed by atoms with van der Waals surface area (Å²) in [5.74, 6) is 1.83. The second-order valence-corrected chi connectivity index (χ2v) is 10.1. The van der Waals surface area contributed by atoms with Crippen molar-refractivity contribution in [3.63, 3.8) is 0 Å². The Labute approximate surface area is 253 Å². The number of phenolic OH excluding ortho intramolecular Hbond substituents is 2. The van der Waals surface area contributed by atoms with Crippen molar-refractivity contribution in [1.82, 2.24) is 9.80 Å². The lowest BCUT2D eigenvalue weighted by Crippen LogP contribution is -2.49. The quantitative estimate of drug-likeness (QED) is 0.274. The Hall–Kier alpha value is -5.10. The molecule has 2 heterocycles. The molecule has 12 nitrogen and oxygen atoms in total. The molecule has 4 aromatic rings. The summed E-state index contributed by atoms with van der Waals surface area (Å²) >= 11 is 0. The SMILES string of the molecule is COc1ccc(-c2cc(=O)c3c(O)cc(O)cc3o2)cc1OCC(=O)N1CCN(Cc2ccc(OC)c(OC)c2OC)CC1. The number of fused-ring (bicyclic) bond motifs is 1. The third kappa shape index (κ3) is 6.16. The van der Waals surface area contributed by atoms with Gasteiger partial charge in [-0.15, -0.1) is 0 Å². The molecule has 0 aliphatic carbocycles. The van der Waals surface area contributed by atoms with Crippen LogP contribution in [-0.4, -0.2) is 87.1 Å². The summed E-state index contributed by atoms with van der Waals surface area (Å²) in [6, 6.07) is 12.3. The Bertz CT molecular complexity index is 1730. The van der Waals surface area contributed by atoms with Crippen molar-refractivity contribution in [3.8, 4) is 51.6 Å². The fourth-order valence-electron chi connectivity index (χ4n) is 5.25. The minimum absolute atomic E-state index is 0.0298. The topological polar surface area (TPSA) is 140 Å². The van der Waals surface area contributed by atoms with Crippen LogP contribution in [0.3, 0.4) is 0 Å². The zero-order chi connectivity index (χ0) is 31.4. The standard InChI is InChI=1S/C32H34N2O10/c1-39-24-7-5-19(26-16-23(37)30-22(36)14-21(35)15-28(30)44-26)13-27(24)43-18-29(38)34-11-9-33(10-12-34)17-20-6-8-25(40-2)32(42-4)31(20)41-3/h5-8,13-16,35-36H,9-12,17-18H2,1-4H3. The number of hydrogen-bond acceptors (Lipinski definition) is 11. The van der Waals surface area contributed by atoms with E-state index in [1.165, 1.54) is 19.2 Å². The Morgan fingerprint density at radius 1 is 0.818 bits per heavy atom. The van der Waals surface area contributed by atoms with Gasteiger partial charge in [0.15, 0.2) is 35.0 Å². The maximum atomic E-state index is 13.1. The van der Waals surface area contributed by atoms with Crippen LogP contribution >= 0.6 is 0 Å². The van der Waals surface area contributed by atoms with Gasteiger partial charge >= 0.3 is 0 Å². The number of nitrogens with zero attached hydrogens (tertiary/aromatic N) is 2. The number of amides is 1. The van der Waals surface area contributed by atoms with Gasteiger partial charge in [0, 0.05) is 62.0 Å². The van der Waals surface area contributed by atoms with Gasteiger partial charge < -0.3 is 43.2 Å². The van der Waals surface area contributed by atoms with Crippen molar-refractivity contribution in [3.05, 3.63) is 64.3 Å². The molecule has 0 saturated carbocycles. The van der Waals surface area contributed by atoms with Gasteiger partial charge in [-0.25, -0.2) is 0 Å². The number of methoxy groups -OCH3 is 4. The summed E-state index contributed by atoms with van der Waals surface area (Å²) < 4.78 is 33.6. The van der Waals surface area contributed by atoms with E-state index in [1.54, 1.807) is 44.4 Å². The number of hydrogen-bond donors (Lipinski definition) is 2. The molecule has 1 fully saturated rings. The molecule has 232 valence electrons. The molecule has 0 spiro atoms. The molecule has 0 atom stereocenters. The summed E-state index contributed by atoms with van der Waals surface area (Å²) in [7, 11) is 6.23. The van der Waals surface area contributed by atoms with Crippen molar-refractivity contribution in [1.29, 1.82) is 0 Å². The van der Waals surface area contributed by atoms with Gasteiger partial charge in [-0.05, 0) is 24.3 Å². The minimum atomic E-state index is -0.476. The number of benzene rings is 3. The predicted molar refractivity (Wildman–Crippen MR) is 161 cm³/mol. The van der Waals surface area contributed by atoms with E-state index < -0.39 is 5.43 Å². The summed E-state index contributed by atoms with van der Waals surface area (Å²) in [6.45, 7) is 2.78. The predicted octanol–water partition coefficient (Wildman–Crippen LogP) is 3.63. The number of phenols is 2. The lowest BCUT2D eigenvalue weighted by molar-refractivity contribution is -0.135. The smallest absolute Gasteiger partial charge is 0.260 e. The number of carbonyl (C=O) groups excluding carboxylic acids is 1. The molecule has 12 heteroatoms. The zero-order valence-electron chi connectivity index (χ0n) is 24.9. The van der Waals surface area contributed by atoms with E-state index in [2.05, 4.69) is 4.90 Å². The number of rotatable bonds is 10. The van der Waals surface area contributed by atoms with Gasteiger partial charge in [0.1, 0.15) is 28.2 Å². The number of ether oxygens (including phenoxy) is 5. The van der Waals surface area contributed by atoms with Crippen LogP contribution in [-0.2, 0) is 11.3 Å². The van der Waals surface area contributed by atoms with Gasteiger partial charge in [0.25, 0.3) is 5.91 Å². The lowest BCUT2D eigenvalue weighted by atomic mass is 10.1. The van der Waals surface area contributed by atoms with Gasteiger partial charge in [-0.2, -0.15) is 0 Å². The average Bonchev–Trinajstić information content (AvgIpc) is 3.02. The van der Waals surface area contributed by atoms with Gasteiger partial charge in [-0.1, -0.05) is 6.07 Å². The van der Waals surface area contributed by atoms with Crippen LogP contribution in [0.4, 0.5) is 0 Å². The number of piperazine rings is 1. The summed E-state index contributed by atoms with van der Waals surface area (Å²) in [5, 5.41) is 19.9.